The molecule has 0 heterocycles. The first-order valence-corrected chi connectivity index (χ1v) is 4.96. The molecule has 0 saturated carbocycles. The number of rotatable bonds is 3. The van der Waals surface area contributed by atoms with Crippen LogP contribution in [-0.4, -0.2) is 4.84 Å². The lowest BCUT2D eigenvalue weighted by Gasteiger charge is -2.23. The fraction of sp³-hybridized carbons (Fsp3) is 1.00. The topological polar surface area (TPSA) is 0 Å². The Morgan fingerprint density at radius 2 is 1.64 bits per heavy atom. The predicted octanol–water partition coefficient (Wildman–Crippen LogP) is 4.25. The largest absolute Gasteiger partial charge is 0.108 e. The van der Waals surface area contributed by atoms with Crippen LogP contribution in [0.25, 0.3) is 0 Å². The molecule has 0 aromatic rings. The van der Waals surface area contributed by atoms with Crippen LogP contribution in [0.4, 0.5) is 0 Å². The van der Waals surface area contributed by atoms with Gasteiger partial charge in [0.2, 0.25) is 0 Å². The van der Waals surface area contributed by atoms with Gasteiger partial charge in [-0.15, -0.1) is 23.2 Å². The molecule has 0 bridgehead atoms. The highest BCUT2D eigenvalue weighted by Gasteiger charge is 2.16. The number of alkyl halides is 2. The van der Waals surface area contributed by atoms with Crippen molar-refractivity contribution in [3.05, 3.63) is 0 Å². The molecule has 68 valence electrons. The summed E-state index contributed by atoms with van der Waals surface area (Å²) in [6.07, 6.45) is 2.09. The molecule has 0 amide bonds. The summed E-state index contributed by atoms with van der Waals surface area (Å²) >= 11 is 11.3. The highest BCUT2D eigenvalue weighted by Crippen LogP contribution is 2.28. The molecule has 2 heteroatoms. The number of hydrogen-bond acceptors (Lipinski definition) is 0. The summed E-state index contributed by atoms with van der Waals surface area (Å²) in [6, 6.07) is 0. The lowest BCUT2D eigenvalue weighted by Crippen LogP contribution is -2.12. The second-order valence-electron chi connectivity index (χ2n) is 4.50. The van der Waals surface area contributed by atoms with Gasteiger partial charge in [-0.3, -0.25) is 0 Å². The number of halogens is 2. The van der Waals surface area contributed by atoms with E-state index in [9.17, 15) is 0 Å². The van der Waals surface area contributed by atoms with Gasteiger partial charge in [0.25, 0.3) is 0 Å². The minimum absolute atomic E-state index is 0.202. The van der Waals surface area contributed by atoms with Crippen molar-refractivity contribution in [1.29, 1.82) is 0 Å². The fourth-order valence-electron chi connectivity index (χ4n) is 1.43. The molecular weight excluding hydrogens is 179 g/mol. The van der Waals surface area contributed by atoms with E-state index < -0.39 is 0 Å². The van der Waals surface area contributed by atoms with Crippen molar-refractivity contribution in [3.63, 3.8) is 0 Å². The van der Waals surface area contributed by atoms with Crippen molar-refractivity contribution in [3.8, 4) is 0 Å². The van der Waals surface area contributed by atoms with Crippen LogP contribution >= 0.6 is 23.2 Å². The van der Waals surface area contributed by atoms with Gasteiger partial charge >= 0.3 is 0 Å². The minimum atomic E-state index is -0.202. The fourth-order valence-corrected chi connectivity index (χ4v) is 2.04. The molecule has 0 saturated heterocycles. The molecule has 0 aromatic heterocycles. The van der Waals surface area contributed by atoms with Crippen molar-refractivity contribution in [2.75, 3.05) is 0 Å². The Labute approximate surface area is 80.3 Å². The van der Waals surface area contributed by atoms with Gasteiger partial charge in [-0.1, -0.05) is 27.7 Å². The zero-order valence-corrected chi connectivity index (χ0v) is 9.34. The van der Waals surface area contributed by atoms with Crippen LogP contribution < -0.4 is 0 Å². The second-order valence-corrected chi connectivity index (χ2v) is 5.77. The van der Waals surface area contributed by atoms with Gasteiger partial charge in [0.15, 0.2) is 0 Å². The quantitative estimate of drug-likeness (QED) is 0.593. The maximum absolute atomic E-state index is 5.67. The molecule has 0 spiro atoms. The third-order valence-electron chi connectivity index (χ3n) is 1.54. The molecule has 1 atom stereocenters. The molecule has 0 nitrogen and oxygen atoms in total. The van der Waals surface area contributed by atoms with Crippen molar-refractivity contribution >= 4 is 23.2 Å². The molecule has 0 aromatic carbocycles. The van der Waals surface area contributed by atoms with Gasteiger partial charge in [-0.2, -0.15) is 0 Å². The lowest BCUT2D eigenvalue weighted by atomic mass is 9.84. The van der Waals surface area contributed by atoms with Gasteiger partial charge in [0.05, 0.1) is 0 Å². The minimum Gasteiger partial charge on any atom is -0.105 e. The van der Waals surface area contributed by atoms with E-state index >= 15 is 0 Å². The monoisotopic (exact) mass is 196 g/mol. The Balaban J connectivity index is 3.61. The average Bonchev–Trinajstić information content (AvgIpc) is 1.53. The van der Waals surface area contributed by atoms with E-state index in [1.54, 1.807) is 0 Å². The molecule has 11 heavy (non-hydrogen) atoms. The van der Waals surface area contributed by atoms with Gasteiger partial charge in [-0.25, -0.2) is 0 Å². The predicted molar refractivity (Wildman–Crippen MR) is 53.3 cm³/mol. The first-order chi connectivity index (χ1) is 4.81. The summed E-state index contributed by atoms with van der Waals surface area (Å²) in [5, 5.41) is 0. The van der Waals surface area contributed by atoms with Gasteiger partial charge in [0.1, 0.15) is 4.84 Å². The molecule has 0 N–H and O–H groups in total. The van der Waals surface area contributed by atoms with E-state index in [-0.39, 0.29) is 4.84 Å². The van der Waals surface area contributed by atoms with Crippen molar-refractivity contribution < 1.29 is 0 Å². The maximum atomic E-state index is 5.67. The third kappa shape index (κ3) is 8.49. The van der Waals surface area contributed by atoms with E-state index in [0.29, 0.717) is 11.3 Å². The summed E-state index contributed by atoms with van der Waals surface area (Å²) in [6.45, 7) is 8.91. The van der Waals surface area contributed by atoms with Crippen molar-refractivity contribution in [2.45, 2.75) is 45.4 Å². The standard InChI is InChI=1S/C9H18Cl2/c1-7(5-8(10)11)6-9(2,3)4/h7-8H,5-6H2,1-4H3. The number of hydrogen-bond donors (Lipinski definition) is 0. The third-order valence-corrected chi connectivity index (χ3v) is 1.90. The van der Waals surface area contributed by atoms with Crippen molar-refractivity contribution in [1.82, 2.24) is 0 Å². The van der Waals surface area contributed by atoms with Crippen LogP contribution in [0.2, 0.25) is 0 Å². The van der Waals surface area contributed by atoms with E-state index in [1.807, 2.05) is 0 Å². The average molecular weight is 197 g/mol. The Kier molecular flexibility index (Phi) is 4.81. The summed E-state index contributed by atoms with van der Waals surface area (Å²) in [7, 11) is 0. The Morgan fingerprint density at radius 1 is 1.18 bits per heavy atom. The molecule has 0 rings (SSSR count). The van der Waals surface area contributed by atoms with Crippen molar-refractivity contribution in [2.24, 2.45) is 11.3 Å². The summed E-state index contributed by atoms with van der Waals surface area (Å²) in [5.41, 5.74) is 0.391. The lowest BCUT2D eigenvalue weighted by molar-refractivity contribution is 0.301. The van der Waals surface area contributed by atoms with Crippen LogP contribution in [0.15, 0.2) is 0 Å². The van der Waals surface area contributed by atoms with Crippen LogP contribution in [0, 0.1) is 11.3 Å². The Morgan fingerprint density at radius 3 is 1.91 bits per heavy atom. The molecule has 0 aliphatic heterocycles. The zero-order chi connectivity index (χ0) is 9.07. The van der Waals surface area contributed by atoms with Crippen LogP contribution in [0.1, 0.15) is 40.5 Å². The van der Waals surface area contributed by atoms with E-state index in [4.69, 9.17) is 23.2 Å². The second kappa shape index (κ2) is 4.57. The zero-order valence-electron chi connectivity index (χ0n) is 7.82. The first-order valence-electron chi connectivity index (χ1n) is 4.09. The van der Waals surface area contributed by atoms with E-state index in [2.05, 4.69) is 27.7 Å². The molecule has 0 radical (unpaired) electrons. The van der Waals surface area contributed by atoms with Crippen LogP contribution in [-0.2, 0) is 0 Å². The van der Waals surface area contributed by atoms with Gasteiger partial charge < -0.3 is 0 Å². The van der Waals surface area contributed by atoms with Crippen LogP contribution in [0.3, 0.4) is 0 Å². The summed E-state index contributed by atoms with van der Waals surface area (Å²) in [4.78, 5) is -0.202. The summed E-state index contributed by atoms with van der Waals surface area (Å²) < 4.78 is 0. The molecule has 0 fully saturated rings. The molecular formula is C9H18Cl2. The SMILES string of the molecule is CC(CC(Cl)Cl)CC(C)(C)C. The van der Waals surface area contributed by atoms with Gasteiger partial charge in [-0.05, 0) is 24.2 Å². The summed E-state index contributed by atoms with van der Waals surface area (Å²) in [5.74, 6) is 0.620. The van der Waals surface area contributed by atoms with Gasteiger partial charge in [0, 0.05) is 0 Å². The molecule has 0 aliphatic rings. The maximum Gasteiger partial charge on any atom is 0.108 e. The normalized spacial score (nSPS) is 15.5. The first kappa shape index (κ1) is 11.6. The molecule has 0 aliphatic carbocycles. The highest BCUT2D eigenvalue weighted by molar-refractivity contribution is 6.44. The van der Waals surface area contributed by atoms with Crippen LogP contribution in [0.5, 0.6) is 0 Å². The smallest absolute Gasteiger partial charge is 0.105 e. The highest BCUT2D eigenvalue weighted by atomic mass is 35.5. The van der Waals surface area contributed by atoms with E-state index in [0.717, 1.165) is 6.42 Å². The van der Waals surface area contributed by atoms with E-state index in [1.165, 1.54) is 6.42 Å². The molecule has 1 unspecified atom stereocenters. The Hall–Kier alpha value is 0.580. The Bertz CT molecular complexity index is 103.